The van der Waals surface area contributed by atoms with Crippen molar-refractivity contribution < 1.29 is 0 Å². The van der Waals surface area contributed by atoms with Gasteiger partial charge in [-0.05, 0) is 44.7 Å². The second-order valence-corrected chi connectivity index (χ2v) is 11.8. The van der Waals surface area contributed by atoms with Crippen LogP contribution in [0, 0.1) is 0 Å². The monoisotopic (exact) mass is 565 g/mol. The van der Waals surface area contributed by atoms with Crippen LogP contribution in [0.4, 0.5) is 0 Å². The predicted molar refractivity (Wildman–Crippen MR) is 179 cm³/mol. The molecule has 0 fully saturated rings. The maximum absolute atomic E-state index is 5.18. The van der Waals surface area contributed by atoms with E-state index >= 15 is 0 Å². The Morgan fingerprint density at radius 1 is 0.419 bits per heavy atom. The van der Waals surface area contributed by atoms with E-state index in [9.17, 15) is 0 Å². The molecule has 0 amide bonds. The number of rotatable bonds is 3. The van der Waals surface area contributed by atoms with Crippen LogP contribution >= 0.6 is 11.3 Å². The number of aromatic nitrogens is 3. The lowest BCUT2D eigenvalue weighted by Gasteiger charge is -2.12. The molecule has 200 valence electrons. The quantitative estimate of drug-likeness (QED) is 0.214. The van der Waals surface area contributed by atoms with E-state index < -0.39 is 0 Å². The third-order valence-electron chi connectivity index (χ3n) is 8.29. The SMILES string of the molecule is c1ccc(-c2nc(-c3ccccc3)nc(-c3sc4c5c(cc6ccccc64)-c4ccccc4-c4ccccc4-c35)n2)cc1. The second-order valence-electron chi connectivity index (χ2n) is 10.8. The smallest absolute Gasteiger partial charge is 0.174 e. The fourth-order valence-corrected chi connectivity index (χ4v) is 7.67. The van der Waals surface area contributed by atoms with Crippen LogP contribution in [0.5, 0.6) is 0 Å². The summed E-state index contributed by atoms with van der Waals surface area (Å²) >= 11 is 1.79. The highest BCUT2D eigenvalue weighted by atomic mass is 32.1. The largest absolute Gasteiger partial charge is 0.208 e. The Hall–Kier alpha value is -5.45. The summed E-state index contributed by atoms with van der Waals surface area (Å²) < 4.78 is 1.26. The van der Waals surface area contributed by atoms with Gasteiger partial charge >= 0.3 is 0 Å². The fourth-order valence-electron chi connectivity index (χ4n) is 6.36. The van der Waals surface area contributed by atoms with E-state index in [4.69, 9.17) is 15.0 Å². The third kappa shape index (κ3) is 3.77. The van der Waals surface area contributed by atoms with Crippen LogP contribution in [0.25, 0.3) is 87.7 Å². The van der Waals surface area contributed by atoms with Gasteiger partial charge in [0, 0.05) is 26.8 Å². The van der Waals surface area contributed by atoms with E-state index in [1.165, 1.54) is 54.2 Å². The Bertz CT molecular complexity index is 2280. The minimum atomic E-state index is 0.671. The Morgan fingerprint density at radius 2 is 0.907 bits per heavy atom. The van der Waals surface area contributed by atoms with Gasteiger partial charge in [-0.2, -0.15) is 0 Å². The molecule has 1 aliphatic carbocycles. The molecular weight excluding hydrogens is 543 g/mol. The van der Waals surface area contributed by atoms with Crippen LogP contribution < -0.4 is 0 Å². The first-order valence-electron chi connectivity index (χ1n) is 14.4. The zero-order valence-corrected chi connectivity index (χ0v) is 23.8. The van der Waals surface area contributed by atoms with Crippen LogP contribution in [0.1, 0.15) is 0 Å². The van der Waals surface area contributed by atoms with E-state index in [2.05, 4.69) is 103 Å². The van der Waals surface area contributed by atoms with Crippen LogP contribution in [0.2, 0.25) is 0 Å². The number of thiophene rings is 1. The van der Waals surface area contributed by atoms with Crippen LogP contribution in [-0.2, 0) is 0 Å². The Balaban J connectivity index is 1.44. The summed E-state index contributed by atoms with van der Waals surface area (Å²) in [5, 5.41) is 3.74. The normalized spacial score (nSPS) is 11.7. The van der Waals surface area contributed by atoms with Crippen molar-refractivity contribution in [1.82, 2.24) is 15.0 Å². The molecule has 9 rings (SSSR count). The zero-order chi connectivity index (χ0) is 28.3. The van der Waals surface area contributed by atoms with Gasteiger partial charge in [0.1, 0.15) is 0 Å². The number of nitrogens with zero attached hydrogens (tertiary/aromatic N) is 3. The molecule has 2 heterocycles. The summed E-state index contributed by atoms with van der Waals surface area (Å²) in [5.41, 5.74) is 9.29. The molecule has 1 aliphatic rings. The highest BCUT2D eigenvalue weighted by Crippen LogP contribution is 2.55. The molecule has 3 nitrogen and oxygen atoms in total. The molecule has 0 aliphatic heterocycles. The molecule has 0 atom stereocenters. The number of benzene rings is 6. The summed E-state index contributed by atoms with van der Waals surface area (Å²) in [6.45, 7) is 0. The van der Waals surface area contributed by atoms with Crippen LogP contribution in [0.3, 0.4) is 0 Å². The van der Waals surface area contributed by atoms with Gasteiger partial charge in [0.25, 0.3) is 0 Å². The number of hydrogen-bond acceptors (Lipinski definition) is 4. The van der Waals surface area contributed by atoms with Crippen molar-refractivity contribution in [3.8, 4) is 66.9 Å². The van der Waals surface area contributed by atoms with E-state index in [1.807, 2.05) is 36.4 Å². The van der Waals surface area contributed by atoms with Crippen molar-refractivity contribution >= 4 is 32.2 Å². The summed E-state index contributed by atoms with van der Waals surface area (Å²) in [4.78, 5) is 16.4. The van der Waals surface area contributed by atoms with Gasteiger partial charge in [-0.25, -0.2) is 15.0 Å². The van der Waals surface area contributed by atoms with Crippen molar-refractivity contribution in [2.75, 3.05) is 0 Å². The molecule has 6 aromatic carbocycles. The molecule has 43 heavy (non-hydrogen) atoms. The molecule has 0 bridgehead atoms. The molecule has 0 N–H and O–H groups in total. The van der Waals surface area contributed by atoms with Gasteiger partial charge in [-0.15, -0.1) is 11.3 Å². The molecule has 2 aromatic heterocycles. The van der Waals surface area contributed by atoms with Gasteiger partial charge in [0.15, 0.2) is 17.5 Å². The topological polar surface area (TPSA) is 38.7 Å². The standard InChI is InChI=1S/C39H23N3S/c1-3-13-24(14-4-1)37-40-38(25-15-5-2-6-16-25)42-39(41-37)36-33-31-22-12-11-20-29(31)28-19-9-10-21-30(28)32-23-26-17-7-8-18-27(26)35(43-36)34(32)33/h1-23H. The van der Waals surface area contributed by atoms with E-state index in [0.717, 1.165) is 16.0 Å². The molecule has 0 saturated carbocycles. The molecule has 0 spiro atoms. The highest BCUT2D eigenvalue weighted by Gasteiger charge is 2.28. The van der Waals surface area contributed by atoms with Crippen LogP contribution in [-0.4, -0.2) is 15.0 Å². The fraction of sp³-hybridized carbons (Fsp3) is 0. The maximum Gasteiger partial charge on any atom is 0.174 e. The van der Waals surface area contributed by atoms with Crippen molar-refractivity contribution in [3.63, 3.8) is 0 Å². The van der Waals surface area contributed by atoms with E-state index in [-0.39, 0.29) is 0 Å². The molecule has 0 unspecified atom stereocenters. The minimum absolute atomic E-state index is 0.671. The lowest BCUT2D eigenvalue weighted by molar-refractivity contribution is 1.08. The van der Waals surface area contributed by atoms with Gasteiger partial charge in [0.05, 0.1) is 4.88 Å². The average molecular weight is 566 g/mol. The summed E-state index contributed by atoms with van der Waals surface area (Å²) in [6, 6.07) is 49.0. The molecule has 8 aromatic rings. The van der Waals surface area contributed by atoms with Gasteiger partial charge in [-0.1, -0.05) is 133 Å². The Morgan fingerprint density at radius 3 is 1.56 bits per heavy atom. The van der Waals surface area contributed by atoms with Crippen molar-refractivity contribution in [2.45, 2.75) is 0 Å². The number of fused-ring (bicyclic) bond motifs is 7. The molecular formula is C39H23N3S. The zero-order valence-electron chi connectivity index (χ0n) is 23.0. The van der Waals surface area contributed by atoms with Crippen LogP contribution in [0.15, 0.2) is 140 Å². The van der Waals surface area contributed by atoms with Crippen molar-refractivity contribution in [3.05, 3.63) is 140 Å². The minimum Gasteiger partial charge on any atom is -0.208 e. The summed E-state index contributed by atoms with van der Waals surface area (Å²) in [5.74, 6) is 2.04. The van der Waals surface area contributed by atoms with Gasteiger partial charge in [0.2, 0.25) is 0 Å². The molecule has 0 saturated heterocycles. The highest BCUT2D eigenvalue weighted by molar-refractivity contribution is 7.24. The lowest BCUT2D eigenvalue weighted by atomic mass is 9.93. The second kappa shape index (κ2) is 9.55. The summed E-state index contributed by atoms with van der Waals surface area (Å²) in [6.07, 6.45) is 0. The molecule has 4 heteroatoms. The van der Waals surface area contributed by atoms with Crippen molar-refractivity contribution in [2.24, 2.45) is 0 Å². The van der Waals surface area contributed by atoms with E-state index in [0.29, 0.717) is 17.5 Å². The van der Waals surface area contributed by atoms with E-state index in [1.54, 1.807) is 11.3 Å². The third-order valence-corrected chi connectivity index (χ3v) is 9.51. The lowest BCUT2D eigenvalue weighted by Crippen LogP contribution is -2.00. The first-order valence-corrected chi connectivity index (χ1v) is 15.2. The average Bonchev–Trinajstić information content (AvgIpc) is 3.44. The maximum atomic E-state index is 5.18. The Labute approximate surface area is 252 Å². The van der Waals surface area contributed by atoms with Gasteiger partial charge in [-0.3, -0.25) is 0 Å². The molecule has 0 radical (unpaired) electrons. The first kappa shape index (κ1) is 24.2. The number of hydrogen-bond donors (Lipinski definition) is 0. The first-order chi connectivity index (χ1) is 21.3. The predicted octanol–water partition coefficient (Wildman–Crippen LogP) is 10.6. The summed E-state index contributed by atoms with van der Waals surface area (Å²) in [7, 11) is 0. The van der Waals surface area contributed by atoms with Gasteiger partial charge < -0.3 is 0 Å². The Kier molecular flexibility index (Phi) is 5.37. The van der Waals surface area contributed by atoms with Crippen molar-refractivity contribution in [1.29, 1.82) is 0 Å².